The van der Waals surface area contributed by atoms with Gasteiger partial charge in [-0.25, -0.2) is 18.4 Å². The average Bonchev–Trinajstić information content (AvgIpc) is 3.18. The second-order valence-corrected chi connectivity index (χ2v) is 10.9. The molecular weight excluding hydrogens is 501 g/mol. The summed E-state index contributed by atoms with van der Waals surface area (Å²) in [5, 5.41) is 2.90. The topological polar surface area (TPSA) is 112 Å². The molecule has 0 bridgehead atoms. The predicted molar refractivity (Wildman–Crippen MR) is 125 cm³/mol. The van der Waals surface area contributed by atoms with Gasteiger partial charge in [-0.15, -0.1) is 0 Å². The molecule has 1 amide bonds. The van der Waals surface area contributed by atoms with Crippen LogP contribution in [0.5, 0.6) is 17.4 Å². The minimum absolute atomic E-state index is 0.00778. The van der Waals surface area contributed by atoms with Gasteiger partial charge in [-0.2, -0.15) is 13.2 Å². The molecule has 9 nitrogen and oxygen atoms in total. The summed E-state index contributed by atoms with van der Waals surface area (Å²) in [6.07, 6.45) is 0.331. The Kier molecular flexibility index (Phi) is 6.69. The normalized spacial score (nSPS) is 16.9. The summed E-state index contributed by atoms with van der Waals surface area (Å²) in [7, 11) is -3.10. The summed E-state index contributed by atoms with van der Waals surface area (Å²) in [6, 6.07) is 5.80. The molecule has 3 aromatic rings. The van der Waals surface area contributed by atoms with Crippen molar-refractivity contribution >= 4 is 27.5 Å². The zero-order chi connectivity index (χ0) is 26.1. The first kappa shape index (κ1) is 25.5. The molecule has 192 valence electrons. The van der Waals surface area contributed by atoms with E-state index in [0.29, 0.717) is 24.2 Å². The van der Waals surface area contributed by atoms with E-state index in [1.165, 1.54) is 36.7 Å². The standard InChI is InChI=1S/C23H23F3N4O5S/c1-3-16-19(20(31)29-22(2)8-11-36(32,33)12-9-22)28-18-7-6-15(13-30(16)18)35-21-17(5-4-10-27-21)34-14-23(24,25)26/h3-7,10,13H,1,8-9,11-12,14H2,2H3,(H,29,31). The van der Waals surface area contributed by atoms with Crippen molar-refractivity contribution in [1.82, 2.24) is 19.7 Å². The number of fused-ring (bicyclic) bond motifs is 1. The van der Waals surface area contributed by atoms with Gasteiger partial charge in [0.2, 0.25) is 0 Å². The number of pyridine rings is 2. The maximum Gasteiger partial charge on any atom is 0.422 e. The number of sulfone groups is 1. The average molecular weight is 525 g/mol. The van der Waals surface area contributed by atoms with E-state index in [1.54, 1.807) is 17.4 Å². The van der Waals surface area contributed by atoms with E-state index in [-0.39, 0.29) is 34.6 Å². The SMILES string of the molecule is C=Cc1c(C(=O)NC2(C)CCS(=O)(=O)CC2)nc2ccc(Oc3ncccc3OCC(F)(F)F)cn12. The van der Waals surface area contributed by atoms with E-state index in [2.05, 4.69) is 21.9 Å². The van der Waals surface area contributed by atoms with Crippen molar-refractivity contribution in [1.29, 1.82) is 0 Å². The number of rotatable bonds is 7. The van der Waals surface area contributed by atoms with Crippen LogP contribution in [0.4, 0.5) is 13.2 Å². The van der Waals surface area contributed by atoms with Crippen LogP contribution in [0.3, 0.4) is 0 Å². The van der Waals surface area contributed by atoms with Gasteiger partial charge >= 0.3 is 6.18 Å². The monoisotopic (exact) mass is 524 g/mol. The largest absolute Gasteiger partial charge is 0.478 e. The van der Waals surface area contributed by atoms with Crippen molar-refractivity contribution in [2.45, 2.75) is 31.5 Å². The Bertz CT molecular complexity index is 1400. The lowest BCUT2D eigenvalue weighted by atomic mass is 9.94. The van der Waals surface area contributed by atoms with E-state index >= 15 is 0 Å². The fourth-order valence-electron chi connectivity index (χ4n) is 3.75. The van der Waals surface area contributed by atoms with Crippen molar-refractivity contribution in [2.75, 3.05) is 18.1 Å². The molecule has 13 heteroatoms. The third-order valence-corrected chi connectivity index (χ3v) is 7.38. The molecule has 1 saturated heterocycles. The molecule has 4 heterocycles. The Morgan fingerprint density at radius 1 is 1.28 bits per heavy atom. The quantitative estimate of drug-likeness (QED) is 0.500. The van der Waals surface area contributed by atoms with Gasteiger partial charge in [-0.3, -0.25) is 9.20 Å². The number of nitrogens with one attached hydrogen (secondary N) is 1. The van der Waals surface area contributed by atoms with Gasteiger partial charge in [-0.05, 0) is 50.1 Å². The van der Waals surface area contributed by atoms with Crippen LogP contribution in [0.1, 0.15) is 35.9 Å². The van der Waals surface area contributed by atoms with Gasteiger partial charge in [0.1, 0.15) is 21.2 Å². The van der Waals surface area contributed by atoms with E-state index < -0.39 is 34.1 Å². The number of nitrogens with zero attached hydrogens (tertiary/aromatic N) is 3. The molecule has 1 aliphatic rings. The lowest BCUT2D eigenvalue weighted by Gasteiger charge is -2.34. The predicted octanol–water partition coefficient (Wildman–Crippen LogP) is 3.80. The number of hydrogen-bond acceptors (Lipinski definition) is 7. The summed E-state index contributed by atoms with van der Waals surface area (Å²) in [4.78, 5) is 21.4. The van der Waals surface area contributed by atoms with Crippen molar-refractivity contribution in [2.24, 2.45) is 0 Å². The van der Waals surface area contributed by atoms with Crippen LogP contribution in [0.15, 0.2) is 43.2 Å². The molecule has 4 rings (SSSR count). The van der Waals surface area contributed by atoms with Gasteiger partial charge in [0, 0.05) is 11.7 Å². The highest BCUT2D eigenvalue weighted by molar-refractivity contribution is 7.91. The lowest BCUT2D eigenvalue weighted by molar-refractivity contribution is -0.153. The second-order valence-electron chi connectivity index (χ2n) is 8.62. The molecule has 0 aromatic carbocycles. The highest BCUT2D eigenvalue weighted by atomic mass is 32.2. The molecule has 0 spiro atoms. The minimum Gasteiger partial charge on any atom is -0.478 e. The molecule has 0 aliphatic carbocycles. The van der Waals surface area contributed by atoms with Crippen LogP contribution in [-0.2, 0) is 9.84 Å². The Labute approximate surface area is 204 Å². The number of halogens is 3. The van der Waals surface area contributed by atoms with Gasteiger partial charge in [0.25, 0.3) is 11.8 Å². The maximum atomic E-state index is 13.1. The smallest absolute Gasteiger partial charge is 0.422 e. The van der Waals surface area contributed by atoms with Crippen LogP contribution < -0.4 is 14.8 Å². The summed E-state index contributed by atoms with van der Waals surface area (Å²) in [5.41, 5.74) is 0.142. The van der Waals surface area contributed by atoms with Gasteiger partial charge in [-0.1, -0.05) is 6.58 Å². The Morgan fingerprint density at radius 3 is 2.67 bits per heavy atom. The van der Waals surface area contributed by atoms with Gasteiger partial charge < -0.3 is 14.8 Å². The Hall–Kier alpha value is -3.61. The van der Waals surface area contributed by atoms with Crippen LogP contribution >= 0.6 is 0 Å². The highest BCUT2D eigenvalue weighted by Gasteiger charge is 2.35. The zero-order valence-corrected chi connectivity index (χ0v) is 20.0. The minimum atomic E-state index is -4.53. The van der Waals surface area contributed by atoms with E-state index in [1.807, 2.05) is 0 Å². The van der Waals surface area contributed by atoms with Gasteiger partial charge in [0.15, 0.2) is 18.1 Å². The highest BCUT2D eigenvalue weighted by Crippen LogP contribution is 2.31. The molecule has 0 atom stereocenters. The number of hydrogen-bond donors (Lipinski definition) is 1. The summed E-state index contributed by atoms with van der Waals surface area (Å²) in [6.45, 7) is 4.05. The Balaban J connectivity index is 1.58. The number of imidazole rings is 1. The van der Waals surface area contributed by atoms with Crippen molar-refractivity contribution in [3.05, 3.63) is 54.6 Å². The number of carbonyl (C=O) groups excluding carboxylic acids is 1. The lowest BCUT2D eigenvalue weighted by Crippen LogP contribution is -2.51. The molecular formula is C23H23F3N4O5S. The number of amides is 1. The molecule has 1 fully saturated rings. The molecule has 0 radical (unpaired) electrons. The number of alkyl halides is 3. The summed E-state index contributed by atoms with van der Waals surface area (Å²) in [5.74, 6) is -0.648. The Morgan fingerprint density at radius 2 is 2.00 bits per heavy atom. The van der Waals surface area contributed by atoms with E-state index in [9.17, 15) is 26.4 Å². The third kappa shape index (κ3) is 5.78. The van der Waals surface area contributed by atoms with E-state index in [0.717, 1.165) is 0 Å². The molecule has 1 N–H and O–H groups in total. The zero-order valence-electron chi connectivity index (χ0n) is 19.2. The van der Waals surface area contributed by atoms with Gasteiger partial charge in [0.05, 0.1) is 23.4 Å². The molecule has 0 saturated carbocycles. The first-order valence-corrected chi connectivity index (χ1v) is 12.7. The first-order chi connectivity index (χ1) is 16.9. The molecule has 1 aliphatic heterocycles. The maximum absolute atomic E-state index is 13.1. The summed E-state index contributed by atoms with van der Waals surface area (Å²) >= 11 is 0. The number of carbonyl (C=O) groups is 1. The van der Waals surface area contributed by atoms with E-state index in [4.69, 9.17) is 9.47 Å². The fourth-order valence-corrected chi connectivity index (χ4v) is 5.47. The second kappa shape index (κ2) is 9.45. The van der Waals surface area contributed by atoms with Crippen molar-refractivity contribution < 1.29 is 35.9 Å². The summed E-state index contributed by atoms with van der Waals surface area (Å²) < 4.78 is 73.2. The van der Waals surface area contributed by atoms with Crippen molar-refractivity contribution in [3.8, 4) is 17.4 Å². The fraction of sp³-hybridized carbons (Fsp3) is 0.348. The number of ether oxygens (including phenoxy) is 2. The first-order valence-electron chi connectivity index (χ1n) is 10.9. The van der Waals surface area contributed by atoms with Crippen LogP contribution in [0, 0.1) is 0 Å². The van der Waals surface area contributed by atoms with Crippen LogP contribution in [0.25, 0.3) is 11.7 Å². The third-order valence-electron chi connectivity index (χ3n) is 5.72. The van der Waals surface area contributed by atoms with Crippen LogP contribution in [0.2, 0.25) is 0 Å². The molecule has 36 heavy (non-hydrogen) atoms. The van der Waals surface area contributed by atoms with Crippen molar-refractivity contribution in [3.63, 3.8) is 0 Å². The molecule has 0 unspecified atom stereocenters. The van der Waals surface area contributed by atoms with Crippen LogP contribution in [-0.4, -0.2) is 58.5 Å². The number of aromatic nitrogens is 3. The molecule has 3 aromatic heterocycles.